The van der Waals surface area contributed by atoms with Crippen molar-refractivity contribution >= 4 is 5.91 Å². The van der Waals surface area contributed by atoms with E-state index in [9.17, 15) is 9.59 Å². The van der Waals surface area contributed by atoms with Crippen LogP contribution in [0.15, 0.2) is 4.79 Å². The van der Waals surface area contributed by atoms with E-state index in [-0.39, 0.29) is 17.5 Å². The van der Waals surface area contributed by atoms with Crippen LogP contribution >= 0.6 is 0 Å². The molecule has 0 aliphatic heterocycles. The first kappa shape index (κ1) is 12.5. The molecular weight excluding hydrogens is 206 g/mol. The van der Waals surface area contributed by atoms with Crippen LogP contribution in [0.3, 0.4) is 0 Å². The third-order valence-electron chi connectivity index (χ3n) is 2.52. The Balaban J connectivity index is 2.89. The normalized spacial score (nSPS) is 10.8. The summed E-state index contributed by atoms with van der Waals surface area (Å²) >= 11 is 0. The van der Waals surface area contributed by atoms with Crippen LogP contribution in [0.1, 0.15) is 44.5 Å². The minimum atomic E-state index is -0.0519. The minimum absolute atomic E-state index is 0.0453. The van der Waals surface area contributed by atoms with Crippen molar-refractivity contribution in [2.75, 3.05) is 0 Å². The molecule has 1 amide bonds. The van der Waals surface area contributed by atoms with Gasteiger partial charge in [0.05, 0.1) is 12.1 Å². The number of hydrogen-bond acceptors (Lipinski definition) is 2. The molecule has 5 heteroatoms. The molecule has 1 aromatic heterocycles. The van der Waals surface area contributed by atoms with Crippen molar-refractivity contribution < 1.29 is 4.79 Å². The fraction of sp³-hybridized carbons (Fsp3) is 0.636. The van der Waals surface area contributed by atoms with E-state index >= 15 is 0 Å². The molecule has 0 fully saturated rings. The molecule has 0 aliphatic carbocycles. The molecule has 0 spiro atoms. The first-order chi connectivity index (χ1) is 7.47. The van der Waals surface area contributed by atoms with Gasteiger partial charge in [-0.1, -0.05) is 6.92 Å². The van der Waals surface area contributed by atoms with Gasteiger partial charge < -0.3 is 5.32 Å². The van der Waals surface area contributed by atoms with Crippen LogP contribution in [0.4, 0.5) is 0 Å². The fourth-order valence-corrected chi connectivity index (χ4v) is 1.49. The first-order valence-corrected chi connectivity index (χ1v) is 5.54. The zero-order valence-electron chi connectivity index (χ0n) is 10.3. The van der Waals surface area contributed by atoms with Crippen molar-refractivity contribution in [1.29, 1.82) is 0 Å². The second kappa shape index (κ2) is 5.01. The van der Waals surface area contributed by atoms with Crippen LogP contribution in [-0.4, -0.2) is 15.7 Å². The van der Waals surface area contributed by atoms with Gasteiger partial charge in [0.15, 0.2) is 0 Å². The van der Waals surface area contributed by atoms with Crippen LogP contribution in [0.25, 0.3) is 0 Å². The summed E-state index contributed by atoms with van der Waals surface area (Å²) in [5.74, 6) is -0.0453. The second-order valence-electron chi connectivity index (χ2n) is 4.11. The molecule has 16 heavy (non-hydrogen) atoms. The Morgan fingerprint density at radius 1 is 1.50 bits per heavy atom. The van der Waals surface area contributed by atoms with E-state index in [1.165, 1.54) is 0 Å². The zero-order valence-corrected chi connectivity index (χ0v) is 10.3. The van der Waals surface area contributed by atoms with Crippen molar-refractivity contribution in [3.05, 3.63) is 21.6 Å². The lowest BCUT2D eigenvalue weighted by Gasteiger charge is -2.03. The molecule has 0 aliphatic rings. The van der Waals surface area contributed by atoms with E-state index in [1.807, 2.05) is 20.8 Å². The molecule has 1 rings (SSSR count). The summed E-state index contributed by atoms with van der Waals surface area (Å²) in [6.45, 7) is 7.80. The summed E-state index contributed by atoms with van der Waals surface area (Å²) in [5, 5.41) is 5.72. The molecule has 1 aromatic rings. The summed E-state index contributed by atoms with van der Waals surface area (Å²) in [6, 6.07) is 0.0989. The fourth-order valence-electron chi connectivity index (χ4n) is 1.49. The van der Waals surface area contributed by atoms with Gasteiger partial charge in [-0.05, 0) is 20.8 Å². The first-order valence-electron chi connectivity index (χ1n) is 5.54. The molecule has 5 nitrogen and oxygen atoms in total. The molecule has 0 saturated heterocycles. The van der Waals surface area contributed by atoms with Crippen LogP contribution in [0.5, 0.6) is 0 Å². The zero-order chi connectivity index (χ0) is 12.3. The van der Waals surface area contributed by atoms with Gasteiger partial charge in [0, 0.05) is 18.2 Å². The molecule has 90 valence electrons. The standard InChI is InChI=1S/C11H19N3O2/c1-5-10(15)12-6-9-8(4)13-14(7(2)3)11(9)16/h7,13H,5-6H2,1-4H3,(H,12,15). The Kier molecular flexibility index (Phi) is 3.93. The summed E-state index contributed by atoms with van der Waals surface area (Å²) in [5.41, 5.74) is 1.40. The summed E-state index contributed by atoms with van der Waals surface area (Å²) in [6.07, 6.45) is 0.432. The lowest BCUT2D eigenvalue weighted by atomic mass is 10.2. The largest absolute Gasteiger partial charge is 0.352 e. The Bertz CT molecular complexity index is 429. The summed E-state index contributed by atoms with van der Waals surface area (Å²) < 4.78 is 1.57. The Morgan fingerprint density at radius 3 is 2.56 bits per heavy atom. The molecule has 0 saturated carbocycles. The van der Waals surface area contributed by atoms with Gasteiger partial charge in [-0.3, -0.25) is 19.4 Å². The van der Waals surface area contributed by atoms with Crippen molar-refractivity contribution in [2.24, 2.45) is 0 Å². The Labute approximate surface area is 94.8 Å². The highest BCUT2D eigenvalue weighted by Crippen LogP contribution is 2.04. The highest BCUT2D eigenvalue weighted by molar-refractivity contribution is 5.75. The van der Waals surface area contributed by atoms with Gasteiger partial charge in [0.1, 0.15) is 0 Å². The highest BCUT2D eigenvalue weighted by Gasteiger charge is 2.13. The molecule has 0 radical (unpaired) electrons. The Hall–Kier alpha value is -1.52. The van der Waals surface area contributed by atoms with Crippen molar-refractivity contribution in [3.63, 3.8) is 0 Å². The van der Waals surface area contributed by atoms with Crippen LogP contribution < -0.4 is 10.9 Å². The number of nitrogens with one attached hydrogen (secondary N) is 2. The van der Waals surface area contributed by atoms with E-state index in [0.29, 0.717) is 18.5 Å². The van der Waals surface area contributed by atoms with Crippen molar-refractivity contribution in [1.82, 2.24) is 15.1 Å². The number of carbonyl (C=O) groups excluding carboxylic acids is 1. The molecule has 0 aromatic carbocycles. The van der Waals surface area contributed by atoms with Crippen molar-refractivity contribution in [2.45, 2.75) is 46.7 Å². The van der Waals surface area contributed by atoms with Gasteiger partial charge in [-0.15, -0.1) is 0 Å². The average molecular weight is 225 g/mol. The van der Waals surface area contributed by atoms with E-state index < -0.39 is 0 Å². The molecule has 0 atom stereocenters. The number of nitrogens with zero attached hydrogens (tertiary/aromatic N) is 1. The molecule has 0 unspecified atom stereocenters. The lowest BCUT2D eigenvalue weighted by molar-refractivity contribution is -0.120. The maximum absolute atomic E-state index is 11.9. The van der Waals surface area contributed by atoms with Gasteiger partial charge in [-0.25, -0.2) is 0 Å². The SMILES string of the molecule is CCC(=O)NCc1c(C)[nH]n(C(C)C)c1=O. The van der Waals surface area contributed by atoms with Crippen LogP contribution in [0.2, 0.25) is 0 Å². The van der Waals surface area contributed by atoms with E-state index in [0.717, 1.165) is 5.69 Å². The smallest absolute Gasteiger partial charge is 0.271 e. The lowest BCUT2D eigenvalue weighted by Crippen LogP contribution is -2.27. The number of aryl methyl sites for hydroxylation is 1. The average Bonchev–Trinajstić information content (AvgIpc) is 2.51. The predicted octanol–water partition coefficient (Wildman–Crippen LogP) is 1.09. The monoisotopic (exact) mass is 225 g/mol. The molecule has 0 bridgehead atoms. The van der Waals surface area contributed by atoms with E-state index in [1.54, 1.807) is 11.6 Å². The van der Waals surface area contributed by atoms with E-state index in [2.05, 4.69) is 10.4 Å². The third kappa shape index (κ3) is 2.53. The topological polar surface area (TPSA) is 66.9 Å². The number of amides is 1. The number of hydrogen-bond donors (Lipinski definition) is 2. The number of carbonyl (C=O) groups is 1. The predicted molar refractivity (Wildman–Crippen MR) is 62.3 cm³/mol. The minimum Gasteiger partial charge on any atom is -0.352 e. The summed E-state index contributed by atoms with van der Waals surface area (Å²) in [4.78, 5) is 23.0. The number of rotatable bonds is 4. The number of aromatic nitrogens is 2. The highest BCUT2D eigenvalue weighted by atomic mass is 16.2. The van der Waals surface area contributed by atoms with Crippen LogP contribution in [0, 0.1) is 6.92 Å². The summed E-state index contributed by atoms with van der Waals surface area (Å²) in [7, 11) is 0. The third-order valence-corrected chi connectivity index (χ3v) is 2.52. The van der Waals surface area contributed by atoms with Crippen molar-refractivity contribution in [3.8, 4) is 0 Å². The van der Waals surface area contributed by atoms with Crippen LogP contribution in [-0.2, 0) is 11.3 Å². The van der Waals surface area contributed by atoms with Gasteiger partial charge >= 0.3 is 0 Å². The van der Waals surface area contributed by atoms with Gasteiger partial charge in [-0.2, -0.15) is 0 Å². The second-order valence-corrected chi connectivity index (χ2v) is 4.11. The van der Waals surface area contributed by atoms with Gasteiger partial charge in [0.2, 0.25) is 5.91 Å². The van der Waals surface area contributed by atoms with Gasteiger partial charge in [0.25, 0.3) is 5.56 Å². The number of H-pyrrole nitrogens is 1. The quantitative estimate of drug-likeness (QED) is 0.805. The molecule has 2 N–H and O–H groups in total. The molecular formula is C11H19N3O2. The maximum atomic E-state index is 11.9. The number of aromatic amines is 1. The van der Waals surface area contributed by atoms with E-state index in [4.69, 9.17) is 0 Å². The Morgan fingerprint density at radius 2 is 2.12 bits per heavy atom. The maximum Gasteiger partial charge on any atom is 0.271 e. The molecule has 1 heterocycles.